The molecule has 0 aliphatic heterocycles. The van der Waals surface area contributed by atoms with Gasteiger partial charge in [0.1, 0.15) is 5.75 Å². The van der Waals surface area contributed by atoms with Crippen molar-refractivity contribution in [3.63, 3.8) is 0 Å². The van der Waals surface area contributed by atoms with Gasteiger partial charge in [0, 0.05) is 4.90 Å². The fraction of sp³-hybridized carbons (Fsp3) is 0.400. The van der Waals surface area contributed by atoms with Crippen molar-refractivity contribution in [1.29, 1.82) is 0 Å². The smallest absolute Gasteiger partial charge is 0.123 e. The number of rotatable bonds is 3. The predicted octanol–water partition coefficient (Wildman–Crippen LogP) is 1.79. The van der Waals surface area contributed by atoms with Crippen LogP contribution in [0.5, 0.6) is 5.75 Å². The number of ether oxygens (including phenoxy) is 1. The van der Waals surface area contributed by atoms with Crippen molar-refractivity contribution >= 4 is 12.6 Å². The first-order valence-corrected chi connectivity index (χ1v) is 4.70. The number of benzene rings is 1. The minimum absolute atomic E-state index is 0.641. The molecule has 0 fully saturated rings. The zero-order valence-electron chi connectivity index (χ0n) is 8.00. The maximum Gasteiger partial charge on any atom is 0.123 e. The minimum Gasteiger partial charge on any atom is -0.496 e. The third-order valence-corrected chi connectivity index (χ3v) is 2.49. The van der Waals surface area contributed by atoms with Crippen LogP contribution in [0.3, 0.4) is 0 Å². The van der Waals surface area contributed by atoms with Gasteiger partial charge in [0.25, 0.3) is 0 Å². The molecule has 0 saturated carbocycles. The molecule has 0 amide bonds. The summed E-state index contributed by atoms with van der Waals surface area (Å²) in [5.74, 6) is 0.876. The minimum atomic E-state index is 0.641. The lowest BCUT2D eigenvalue weighted by molar-refractivity contribution is 0.408. The highest BCUT2D eigenvalue weighted by Crippen LogP contribution is 2.25. The largest absolute Gasteiger partial charge is 0.496 e. The van der Waals surface area contributed by atoms with E-state index in [9.17, 15) is 0 Å². The molecule has 13 heavy (non-hydrogen) atoms. The molecule has 0 saturated heterocycles. The van der Waals surface area contributed by atoms with E-state index >= 15 is 0 Å². The van der Waals surface area contributed by atoms with E-state index in [0.717, 1.165) is 28.2 Å². The van der Waals surface area contributed by atoms with Crippen LogP contribution in [0.2, 0.25) is 0 Å². The number of hydrogen-bond donors (Lipinski definition) is 2. The van der Waals surface area contributed by atoms with Crippen LogP contribution in [0.15, 0.2) is 17.0 Å². The van der Waals surface area contributed by atoms with E-state index in [0.29, 0.717) is 6.54 Å². The molecule has 1 aromatic rings. The Labute approximate surface area is 84.5 Å². The zero-order valence-corrected chi connectivity index (χ0v) is 8.90. The van der Waals surface area contributed by atoms with Gasteiger partial charge >= 0.3 is 0 Å². The van der Waals surface area contributed by atoms with Gasteiger partial charge in [-0.05, 0) is 37.1 Å². The van der Waals surface area contributed by atoms with Crippen molar-refractivity contribution in [2.24, 2.45) is 5.73 Å². The second-order valence-electron chi connectivity index (χ2n) is 2.99. The standard InChI is InChI=1S/C10H15NOS/c1-7-5-8(3-4-11)9(12-2)6-10(7)13/h5-6,13H,3-4,11H2,1-2H3. The highest BCUT2D eigenvalue weighted by atomic mass is 32.1. The Morgan fingerprint density at radius 3 is 2.69 bits per heavy atom. The van der Waals surface area contributed by atoms with Gasteiger partial charge in [-0.15, -0.1) is 12.6 Å². The van der Waals surface area contributed by atoms with Gasteiger partial charge in [-0.25, -0.2) is 0 Å². The molecule has 0 heterocycles. The van der Waals surface area contributed by atoms with E-state index in [1.165, 1.54) is 0 Å². The summed E-state index contributed by atoms with van der Waals surface area (Å²) in [5, 5.41) is 0. The van der Waals surface area contributed by atoms with Crippen LogP contribution in [-0.4, -0.2) is 13.7 Å². The Bertz CT molecular complexity index is 299. The average molecular weight is 197 g/mol. The number of methoxy groups -OCH3 is 1. The highest BCUT2D eigenvalue weighted by molar-refractivity contribution is 7.80. The molecule has 72 valence electrons. The number of thiol groups is 1. The highest BCUT2D eigenvalue weighted by Gasteiger charge is 2.04. The quantitative estimate of drug-likeness (QED) is 0.725. The van der Waals surface area contributed by atoms with Crippen molar-refractivity contribution < 1.29 is 4.74 Å². The Morgan fingerprint density at radius 1 is 1.46 bits per heavy atom. The van der Waals surface area contributed by atoms with Crippen LogP contribution in [0, 0.1) is 6.92 Å². The van der Waals surface area contributed by atoms with Gasteiger partial charge in [-0.1, -0.05) is 6.07 Å². The molecule has 1 rings (SSSR count). The van der Waals surface area contributed by atoms with Crippen molar-refractivity contribution in [3.05, 3.63) is 23.3 Å². The van der Waals surface area contributed by atoms with Crippen molar-refractivity contribution in [1.82, 2.24) is 0 Å². The van der Waals surface area contributed by atoms with E-state index in [2.05, 4.69) is 18.7 Å². The Kier molecular flexibility index (Phi) is 3.63. The van der Waals surface area contributed by atoms with Crippen LogP contribution in [0.4, 0.5) is 0 Å². The van der Waals surface area contributed by atoms with E-state index in [-0.39, 0.29) is 0 Å². The van der Waals surface area contributed by atoms with E-state index in [4.69, 9.17) is 10.5 Å². The molecule has 2 N–H and O–H groups in total. The summed E-state index contributed by atoms with van der Waals surface area (Å²) >= 11 is 4.33. The molecule has 0 unspecified atom stereocenters. The van der Waals surface area contributed by atoms with Crippen LogP contribution >= 0.6 is 12.6 Å². The molecule has 0 bridgehead atoms. The number of hydrogen-bond acceptors (Lipinski definition) is 3. The van der Waals surface area contributed by atoms with Gasteiger partial charge in [0.15, 0.2) is 0 Å². The molecule has 0 atom stereocenters. The molecular weight excluding hydrogens is 182 g/mol. The Hall–Kier alpha value is -0.670. The molecule has 2 nitrogen and oxygen atoms in total. The van der Waals surface area contributed by atoms with Crippen LogP contribution in [0.25, 0.3) is 0 Å². The fourth-order valence-corrected chi connectivity index (χ4v) is 1.46. The summed E-state index contributed by atoms with van der Waals surface area (Å²) < 4.78 is 5.23. The second-order valence-corrected chi connectivity index (χ2v) is 3.47. The number of aryl methyl sites for hydroxylation is 1. The predicted molar refractivity (Wildman–Crippen MR) is 57.7 cm³/mol. The summed E-state index contributed by atoms with van der Waals surface area (Å²) in [7, 11) is 1.66. The summed E-state index contributed by atoms with van der Waals surface area (Å²) in [6.45, 7) is 2.67. The molecule has 0 spiro atoms. The van der Waals surface area contributed by atoms with Gasteiger partial charge < -0.3 is 10.5 Å². The molecule has 0 radical (unpaired) electrons. The zero-order chi connectivity index (χ0) is 9.84. The maximum atomic E-state index is 5.50. The lowest BCUT2D eigenvalue weighted by Gasteiger charge is -2.10. The fourth-order valence-electron chi connectivity index (χ4n) is 1.28. The first kappa shape index (κ1) is 10.4. The van der Waals surface area contributed by atoms with Gasteiger partial charge in [-0.2, -0.15) is 0 Å². The second kappa shape index (κ2) is 4.53. The van der Waals surface area contributed by atoms with Crippen LogP contribution in [0.1, 0.15) is 11.1 Å². The van der Waals surface area contributed by atoms with Gasteiger partial charge in [0.2, 0.25) is 0 Å². The molecule has 1 aromatic carbocycles. The van der Waals surface area contributed by atoms with Crippen molar-refractivity contribution in [2.45, 2.75) is 18.2 Å². The molecule has 0 aliphatic carbocycles. The first-order chi connectivity index (χ1) is 6.19. The van der Waals surface area contributed by atoms with Crippen LogP contribution in [-0.2, 0) is 6.42 Å². The van der Waals surface area contributed by atoms with Gasteiger partial charge in [-0.3, -0.25) is 0 Å². The average Bonchev–Trinajstić information content (AvgIpc) is 2.11. The third-order valence-electron chi connectivity index (χ3n) is 2.01. The molecule has 3 heteroatoms. The lowest BCUT2D eigenvalue weighted by Crippen LogP contribution is -2.04. The maximum absolute atomic E-state index is 5.50. The van der Waals surface area contributed by atoms with E-state index in [1.54, 1.807) is 7.11 Å². The molecule has 0 aliphatic rings. The Balaban J connectivity index is 3.09. The normalized spacial score (nSPS) is 10.2. The van der Waals surface area contributed by atoms with Crippen LogP contribution < -0.4 is 10.5 Å². The summed E-state index contributed by atoms with van der Waals surface area (Å²) in [5.41, 5.74) is 7.81. The topological polar surface area (TPSA) is 35.2 Å². The lowest BCUT2D eigenvalue weighted by atomic mass is 10.1. The number of nitrogens with two attached hydrogens (primary N) is 1. The van der Waals surface area contributed by atoms with Crippen molar-refractivity contribution in [3.8, 4) is 5.75 Å². The summed E-state index contributed by atoms with van der Waals surface area (Å²) in [6, 6.07) is 4.01. The SMILES string of the molecule is COc1cc(S)c(C)cc1CCN. The van der Waals surface area contributed by atoms with Crippen molar-refractivity contribution in [2.75, 3.05) is 13.7 Å². The Morgan fingerprint density at radius 2 is 2.15 bits per heavy atom. The van der Waals surface area contributed by atoms with E-state index < -0.39 is 0 Å². The summed E-state index contributed by atoms with van der Waals surface area (Å²) in [6.07, 6.45) is 0.845. The van der Waals surface area contributed by atoms with E-state index in [1.807, 2.05) is 13.0 Å². The monoisotopic (exact) mass is 197 g/mol. The summed E-state index contributed by atoms with van der Waals surface area (Å²) in [4.78, 5) is 0.956. The van der Waals surface area contributed by atoms with Gasteiger partial charge in [0.05, 0.1) is 7.11 Å². The molecular formula is C10H15NOS. The third kappa shape index (κ3) is 2.39. The first-order valence-electron chi connectivity index (χ1n) is 4.25. The molecule has 0 aromatic heterocycles.